The third-order valence-corrected chi connectivity index (χ3v) is 5.25. The van der Waals surface area contributed by atoms with Crippen molar-refractivity contribution >= 4 is 0 Å². The van der Waals surface area contributed by atoms with Crippen LogP contribution in [-0.2, 0) is 0 Å². The van der Waals surface area contributed by atoms with Crippen LogP contribution in [0.1, 0.15) is 72.1 Å². The molecule has 0 aliphatic heterocycles. The van der Waals surface area contributed by atoms with Gasteiger partial charge in [0.2, 0.25) is 0 Å². The van der Waals surface area contributed by atoms with E-state index in [4.69, 9.17) is 5.73 Å². The average Bonchev–Trinajstić information content (AvgIpc) is 2.54. The molecular formula is C15H29N. The van der Waals surface area contributed by atoms with Gasteiger partial charge in [0, 0.05) is 5.54 Å². The summed E-state index contributed by atoms with van der Waals surface area (Å²) in [6.07, 6.45) is 10.9. The van der Waals surface area contributed by atoms with Crippen molar-refractivity contribution in [3.05, 3.63) is 0 Å². The molecule has 3 atom stereocenters. The van der Waals surface area contributed by atoms with Gasteiger partial charge in [0.25, 0.3) is 0 Å². The summed E-state index contributed by atoms with van der Waals surface area (Å²) in [5.74, 6) is 1.72. The maximum atomic E-state index is 6.78. The van der Waals surface area contributed by atoms with Crippen molar-refractivity contribution in [2.45, 2.75) is 77.7 Å². The monoisotopic (exact) mass is 223 g/mol. The molecule has 16 heavy (non-hydrogen) atoms. The van der Waals surface area contributed by atoms with Crippen LogP contribution in [0.25, 0.3) is 0 Å². The quantitative estimate of drug-likeness (QED) is 0.749. The second-order valence-electron chi connectivity index (χ2n) is 7.13. The summed E-state index contributed by atoms with van der Waals surface area (Å²) in [6, 6.07) is 0. The van der Waals surface area contributed by atoms with Crippen LogP contribution < -0.4 is 5.73 Å². The molecule has 0 aromatic rings. The Kier molecular flexibility index (Phi) is 3.36. The minimum absolute atomic E-state index is 0.171. The van der Waals surface area contributed by atoms with Crippen LogP contribution in [0.4, 0.5) is 0 Å². The number of rotatable bonds is 2. The van der Waals surface area contributed by atoms with Crippen molar-refractivity contribution in [2.24, 2.45) is 23.0 Å². The lowest BCUT2D eigenvalue weighted by atomic mass is 9.66. The molecule has 0 bridgehead atoms. The molecule has 94 valence electrons. The Bertz CT molecular complexity index is 246. The van der Waals surface area contributed by atoms with E-state index in [1.165, 1.54) is 51.4 Å². The van der Waals surface area contributed by atoms with Gasteiger partial charge in [-0.3, -0.25) is 0 Å². The Hall–Kier alpha value is -0.0400. The van der Waals surface area contributed by atoms with E-state index in [9.17, 15) is 0 Å². The molecule has 0 spiro atoms. The van der Waals surface area contributed by atoms with Crippen molar-refractivity contribution in [1.29, 1.82) is 0 Å². The topological polar surface area (TPSA) is 26.0 Å². The van der Waals surface area contributed by atoms with Crippen LogP contribution in [0.3, 0.4) is 0 Å². The molecule has 3 unspecified atom stereocenters. The number of hydrogen-bond acceptors (Lipinski definition) is 1. The summed E-state index contributed by atoms with van der Waals surface area (Å²) in [4.78, 5) is 0. The van der Waals surface area contributed by atoms with Gasteiger partial charge in [0.15, 0.2) is 0 Å². The van der Waals surface area contributed by atoms with Crippen LogP contribution in [0, 0.1) is 17.3 Å². The normalized spacial score (nSPS) is 43.5. The fourth-order valence-corrected chi connectivity index (χ4v) is 4.41. The Morgan fingerprint density at radius 3 is 2.38 bits per heavy atom. The summed E-state index contributed by atoms with van der Waals surface area (Å²) >= 11 is 0. The molecule has 2 aliphatic rings. The van der Waals surface area contributed by atoms with Gasteiger partial charge in [-0.2, -0.15) is 0 Å². The lowest BCUT2D eigenvalue weighted by molar-refractivity contribution is 0.122. The van der Waals surface area contributed by atoms with E-state index in [-0.39, 0.29) is 5.54 Å². The zero-order valence-corrected chi connectivity index (χ0v) is 11.4. The second-order valence-corrected chi connectivity index (χ2v) is 7.13. The number of hydrogen-bond donors (Lipinski definition) is 1. The molecule has 1 nitrogen and oxygen atoms in total. The molecule has 2 aliphatic carbocycles. The first-order valence-corrected chi connectivity index (χ1v) is 7.26. The highest BCUT2D eigenvalue weighted by Crippen LogP contribution is 2.51. The SMILES string of the molecule is CCC1CCCCC1C1(N)CCC(C)(C)C1. The summed E-state index contributed by atoms with van der Waals surface area (Å²) in [6.45, 7) is 7.14. The van der Waals surface area contributed by atoms with Crippen LogP contribution in [-0.4, -0.2) is 5.54 Å². The van der Waals surface area contributed by atoms with Gasteiger partial charge >= 0.3 is 0 Å². The smallest absolute Gasteiger partial charge is 0.0190 e. The third kappa shape index (κ3) is 2.30. The fourth-order valence-electron chi connectivity index (χ4n) is 4.41. The maximum absolute atomic E-state index is 6.78. The van der Waals surface area contributed by atoms with Crippen molar-refractivity contribution in [2.75, 3.05) is 0 Å². The van der Waals surface area contributed by atoms with Crippen LogP contribution in [0.15, 0.2) is 0 Å². The summed E-state index contributed by atoms with van der Waals surface area (Å²) in [7, 11) is 0. The summed E-state index contributed by atoms with van der Waals surface area (Å²) in [5.41, 5.74) is 7.44. The van der Waals surface area contributed by atoms with E-state index >= 15 is 0 Å². The zero-order chi connectivity index (χ0) is 11.8. The molecule has 1 heteroatoms. The van der Waals surface area contributed by atoms with Gasteiger partial charge in [-0.25, -0.2) is 0 Å². The minimum Gasteiger partial charge on any atom is -0.325 e. The van der Waals surface area contributed by atoms with Crippen molar-refractivity contribution in [1.82, 2.24) is 0 Å². The molecular weight excluding hydrogens is 194 g/mol. The molecule has 0 radical (unpaired) electrons. The Morgan fingerprint density at radius 2 is 1.81 bits per heavy atom. The fraction of sp³-hybridized carbons (Fsp3) is 1.00. The summed E-state index contributed by atoms with van der Waals surface area (Å²) in [5, 5.41) is 0. The molecule has 0 heterocycles. The first-order valence-electron chi connectivity index (χ1n) is 7.26. The van der Waals surface area contributed by atoms with Crippen LogP contribution in [0.5, 0.6) is 0 Å². The van der Waals surface area contributed by atoms with Gasteiger partial charge < -0.3 is 5.73 Å². The van der Waals surface area contributed by atoms with Gasteiger partial charge in [0.1, 0.15) is 0 Å². The minimum atomic E-state index is 0.171. The van der Waals surface area contributed by atoms with Crippen molar-refractivity contribution < 1.29 is 0 Å². The van der Waals surface area contributed by atoms with E-state index in [1.54, 1.807) is 0 Å². The van der Waals surface area contributed by atoms with Crippen molar-refractivity contribution in [3.63, 3.8) is 0 Å². The highest BCUT2D eigenvalue weighted by Gasteiger charge is 2.47. The lowest BCUT2D eigenvalue weighted by Crippen LogP contribution is -2.49. The van der Waals surface area contributed by atoms with Gasteiger partial charge in [0.05, 0.1) is 0 Å². The number of nitrogens with two attached hydrogens (primary N) is 1. The lowest BCUT2D eigenvalue weighted by Gasteiger charge is -2.43. The average molecular weight is 223 g/mol. The molecule has 2 rings (SSSR count). The Morgan fingerprint density at radius 1 is 1.12 bits per heavy atom. The highest BCUT2D eigenvalue weighted by atomic mass is 14.8. The molecule has 0 saturated heterocycles. The van der Waals surface area contributed by atoms with E-state index in [0.717, 1.165) is 11.8 Å². The van der Waals surface area contributed by atoms with E-state index in [0.29, 0.717) is 5.41 Å². The largest absolute Gasteiger partial charge is 0.325 e. The van der Waals surface area contributed by atoms with Crippen LogP contribution in [0.2, 0.25) is 0 Å². The van der Waals surface area contributed by atoms with Crippen molar-refractivity contribution in [3.8, 4) is 0 Å². The molecule has 0 aromatic carbocycles. The van der Waals surface area contributed by atoms with E-state index in [1.807, 2.05) is 0 Å². The van der Waals surface area contributed by atoms with E-state index in [2.05, 4.69) is 20.8 Å². The molecule has 0 aromatic heterocycles. The second kappa shape index (κ2) is 4.33. The summed E-state index contributed by atoms with van der Waals surface area (Å²) < 4.78 is 0. The first kappa shape index (κ1) is 12.4. The first-order chi connectivity index (χ1) is 7.47. The Labute approximate surface area is 101 Å². The predicted molar refractivity (Wildman–Crippen MR) is 70.3 cm³/mol. The third-order valence-electron chi connectivity index (χ3n) is 5.25. The maximum Gasteiger partial charge on any atom is 0.0190 e. The Balaban J connectivity index is 2.10. The molecule has 2 saturated carbocycles. The zero-order valence-electron chi connectivity index (χ0n) is 11.4. The van der Waals surface area contributed by atoms with Crippen LogP contribution >= 0.6 is 0 Å². The van der Waals surface area contributed by atoms with Gasteiger partial charge in [-0.05, 0) is 42.9 Å². The van der Waals surface area contributed by atoms with E-state index < -0.39 is 0 Å². The predicted octanol–water partition coefficient (Wildman–Crippen LogP) is 4.11. The molecule has 0 amide bonds. The molecule has 2 fully saturated rings. The standard InChI is InChI=1S/C15H29N/c1-4-12-7-5-6-8-13(12)15(16)10-9-14(2,3)11-15/h12-13H,4-11,16H2,1-3H3. The van der Waals surface area contributed by atoms with Gasteiger partial charge in [-0.1, -0.05) is 46.5 Å². The van der Waals surface area contributed by atoms with Gasteiger partial charge in [-0.15, -0.1) is 0 Å². The molecule has 2 N–H and O–H groups in total. The highest BCUT2D eigenvalue weighted by molar-refractivity contribution is 5.03.